The molecule has 0 spiro atoms. The minimum atomic E-state index is -3.91. The van der Waals surface area contributed by atoms with Crippen LogP contribution >= 0.6 is 0 Å². The molecule has 4 rings (SSSR count). The highest BCUT2D eigenvalue weighted by Gasteiger charge is 2.31. The molecule has 3 aliphatic rings. The van der Waals surface area contributed by atoms with E-state index in [2.05, 4.69) is 4.90 Å². The molecule has 0 saturated carbocycles. The number of piperazine rings is 1. The van der Waals surface area contributed by atoms with Crippen LogP contribution < -0.4 is 0 Å². The maximum absolute atomic E-state index is 14.3. The molecule has 7 nitrogen and oxygen atoms in total. The maximum Gasteiger partial charge on any atom is 0.253 e. The largest absolute Gasteiger partial charge is 0.377 e. The van der Waals surface area contributed by atoms with Crippen molar-refractivity contribution in [2.45, 2.75) is 36.7 Å². The van der Waals surface area contributed by atoms with Gasteiger partial charge in [-0.25, -0.2) is 12.8 Å². The van der Waals surface area contributed by atoms with E-state index in [0.717, 1.165) is 58.0 Å². The van der Waals surface area contributed by atoms with E-state index in [1.807, 2.05) is 0 Å². The smallest absolute Gasteiger partial charge is 0.253 e. The van der Waals surface area contributed by atoms with Gasteiger partial charge in [-0.3, -0.25) is 9.69 Å². The third-order valence-electron chi connectivity index (χ3n) is 6.01. The maximum atomic E-state index is 14.3. The minimum Gasteiger partial charge on any atom is -0.377 e. The highest BCUT2D eigenvalue weighted by Crippen LogP contribution is 2.25. The zero-order valence-electron chi connectivity index (χ0n) is 16.6. The van der Waals surface area contributed by atoms with Crippen LogP contribution in [0.3, 0.4) is 0 Å². The first-order valence-corrected chi connectivity index (χ1v) is 11.8. The molecule has 1 unspecified atom stereocenters. The molecule has 0 radical (unpaired) electrons. The number of amides is 1. The fourth-order valence-corrected chi connectivity index (χ4v) is 5.90. The topological polar surface area (TPSA) is 70.2 Å². The Labute approximate surface area is 171 Å². The monoisotopic (exact) mass is 425 g/mol. The fourth-order valence-electron chi connectivity index (χ4n) is 4.29. The van der Waals surface area contributed by atoms with Crippen LogP contribution in [0.2, 0.25) is 0 Å². The molecule has 29 heavy (non-hydrogen) atoms. The number of hydrogen-bond acceptors (Lipinski definition) is 5. The lowest BCUT2D eigenvalue weighted by Crippen LogP contribution is -2.50. The van der Waals surface area contributed by atoms with Gasteiger partial charge in [0.1, 0.15) is 10.7 Å². The molecule has 0 aliphatic carbocycles. The van der Waals surface area contributed by atoms with Gasteiger partial charge in [0, 0.05) is 58.0 Å². The molecule has 1 atom stereocenters. The van der Waals surface area contributed by atoms with Gasteiger partial charge in [-0.15, -0.1) is 0 Å². The van der Waals surface area contributed by atoms with Crippen LogP contribution in [0, 0.1) is 5.82 Å². The van der Waals surface area contributed by atoms with Crippen LogP contribution in [0.1, 0.15) is 36.0 Å². The van der Waals surface area contributed by atoms with Crippen LogP contribution in [0.4, 0.5) is 4.39 Å². The van der Waals surface area contributed by atoms with Crippen molar-refractivity contribution < 1.29 is 22.3 Å². The van der Waals surface area contributed by atoms with Gasteiger partial charge in [-0.05, 0) is 43.9 Å². The Hall–Kier alpha value is -1.55. The molecule has 0 N–H and O–H groups in total. The van der Waals surface area contributed by atoms with Crippen molar-refractivity contribution >= 4 is 15.9 Å². The van der Waals surface area contributed by atoms with E-state index in [-0.39, 0.29) is 17.6 Å². The number of ether oxygens (including phenoxy) is 1. The summed E-state index contributed by atoms with van der Waals surface area (Å²) >= 11 is 0. The van der Waals surface area contributed by atoms with E-state index in [4.69, 9.17) is 4.74 Å². The number of carbonyl (C=O) groups excluding carboxylic acids is 1. The molecular weight excluding hydrogens is 397 g/mol. The standard InChI is InChI=1S/C20H28FN3O4S/c21-18-6-5-16(14-19(18)29(26,27)24-7-1-2-8-24)20(25)23-11-9-22(10-12-23)15-17-4-3-13-28-17/h5-6,14,17H,1-4,7-13,15H2. The summed E-state index contributed by atoms with van der Waals surface area (Å²) in [5.41, 5.74) is 0.219. The lowest BCUT2D eigenvalue weighted by atomic mass is 10.1. The first-order chi connectivity index (χ1) is 13.9. The Balaban J connectivity index is 1.42. The quantitative estimate of drug-likeness (QED) is 0.716. The summed E-state index contributed by atoms with van der Waals surface area (Å²) in [6.45, 7) is 5.15. The van der Waals surface area contributed by atoms with E-state index in [1.165, 1.54) is 16.4 Å². The van der Waals surface area contributed by atoms with E-state index >= 15 is 0 Å². The van der Waals surface area contributed by atoms with Crippen molar-refractivity contribution in [2.75, 3.05) is 52.4 Å². The van der Waals surface area contributed by atoms with E-state index in [9.17, 15) is 17.6 Å². The summed E-state index contributed by atoms with van der Waals surface area (Å²) in [6, 6.07) is 3.66. The van der Waals surface area contributed by atoms with Gasteiger partial charge in [0.2, 0.25) is 10.0 Å². The zero-order chi connectivity index (χ0) is 20.4. The summed E-state index contributed by atoms with van der Waals surface area (Å²) in [4.78, 5) is 16.5. The number of benzene rings is 1. The highest BCUT2D eigenvalue weighted by atomic mass is 32.2. The lowest BCUT2D eigenvalue weighted by molar-refractivity contribution is 0.0432. The van der Waals surface area contributed by atoms with Crippen LogP contribution in [0.15, 0.2) is 23.1 Å². The molecule has 160 valence electrons. The Kier molecular flexibility index (Phi) is 6.19. The normalized spacial score (nSPS) is 24.3. The van der Waals surface area contributed by atoms with Crippen molar-refractivity contribution in [3.05, 3.63) is 29.6 Å². The third kappa shape index (κ3) is 4.47. The van der Waals surface area contributed by atoms with E-state index < -0.39 is 20.7 Å². The highest BCUT2D eigenvalue weighted by molar-refractivity contribution is 7.89. The van der Waals surface area contributed by atoms with Crippen molar-refractivity contribution in [2.24, 2.45) is 0 Å². The van der Waals surface area contributed by atoms with Crippen molar-refractivity contribution in [1.82, 2.24) is 14.1 Å². The molecule has 1 amide bonds. The summed E-state index contributed by atoms with van der Waals surface area (Å²) < 4.78 is 46.8. The second kappa shape index (κ2) is 8.67. The first-order valence-electron chi connectivity index (χ1n) is 10.4. The molecule has 1 aromatic carbocycles. The summed E-state index contributed by atoms with van der Waals surface area (Å²) in [5.74, 6) is -1.06. The third-order valence-corrected chi connectivity index (χ3v) is 7.92. The first kappa shape index (κ1) is 20.7. The van der Waals surface area contributed by atoms with Gasteiger partial charge in [0.15, 0.2) is 0 Å². The molecule has 1 aromatic rings. The Morgan fingerprint density at radius 3 is 2.45 bits per heavy atom. The summed E-state index contributed by atoms with van der Waals surface area (Å²) in [5, 5.41) is 0. The van der Waals surface area contributed by atoms with Gasteiger partial charge in [0.25, 0.3) is 5.91 Å². The van der Waals surface area contributed by atoms with Gasteiger partial charge >= 0.3 is 0 Å². The van der Waals surface area contributed by atoms with Gasteiger partial charge < -0.3 is 9.64 Å². The number of carbonyl (C=O) groups is 1. The second-order valence-electron chi connectivity index (χ2n) is 7.98. The molecular formula is C20H28FN3O4S. The number of sulfonamides is 1. The molecule has 0 bridgehead atoms. The second-order valence-corrected chi connectivity index (χ2v) is 9.89. The number of nitrogens with zero attached hydrogens (tertiary/aromatic N) is 3. The van der Waals surface area contributed by atoms with Crippen molar-refractivity contribution in [3.8, 4) is 0 Å². The fraction of sp³-hybridized carbons (Fsp3) is 0.650. The molecule has 0 aromatic heterocycles. The molecule has 3 heterocycles. The summed E-state index contributed by atoms with van der Waals surface area (Å²) in [7, 11) is -3.91. The number of halogens is 1. The minimum absolute atomic E-state index is 0.219. The number of rotatable bonds is 5. The van der Waals surface area contributed by atoms with Gasteiger partial charge in [-0.1, -0.05) is 0 Å². The molecule has 9 heteroatoms. The average molecular weight is 426 g/mol. The van der Waals surface area contributed by atoms with Gasteiger partial charge in [-0.2, -0.15) is 4.31 Å². The summed E-state index contributed by atoms with van der Waals surface area (Å²) in [6.07, 6.45) is 4.03. The zero-order valence-corrected chi connectivity index (χ0v) is 17.4. The predicted molar refractivity (Wildman–Crippen MR) is 106 cm³/mol. The van der Waals surface area contributed by atoms with Crippen molar-refractivity contribution in [3.63, 3.8) is 0 Å². The predicted octanol–water partition coefficient (Wildman–Crippen LogP) is 1.55. The molecule has 3 saturated heterocycles. The SMILES string of the molecule is O=C(c1ccc(F)c(S(=O)(=O)N2CCCC2)c1)N1CCN(CC2CCCO2)CC1. The van der Waals surface area contributed by atoms with E-state index in [1.54, 1.807) is 4.90 Å². The number of hydrogen-bond donors (Lipinski definition) is 0. The molecule has 3 fully saturated rings. The van der Waals surface area contributed by atoms with Crippen LogP contribution in [-0.4, -0.2) is 87.0 Å². The van der Waals surface area contributed by atoms with Crippen molar-refractivity contribution in [1.29, 1.82) is 0 Å². The molecule has 3 aliphatic heterocycles. The van der Waals surface area contributed by atoms with Crippen LogP contribution in [0.5, 0.6) is 0 Å². The van der Waals surface area contributed by atoms with Gasteiger partial charge in [0.05, 0.1) is 6.10 Å². The lowest BCUT2D eigenvalue weighted by Gasteiger charge is -2.35. The Morgan fingerprint density at radius 2 is 1.79 bits per heavy atom. The Bertz CT molecular complexity index is 843. The van der Waals surface area contributed by atoms with E-state index in [0.29, 0.717) is 26.2 Å². The Morgan fingerprint density at radius 1 is 1.07 bits per heavy atom. The average Bonchev–Trinajstić information content (AvgIpc) is 3.43. The van der Waals surface area contributed by atoms with Crippen LogP contribution in [-0.2, 0) is 14.8 Å². The van der Waals surface area contributed by atoms with Crippen LogP contribution in [0.25, 0.3) is 0 Å².